The van der Waals surface area contributed by atoms with Gasteiger partial charge in [-0.2, -0.15) is 4.39 Å². The maximum absolute atomic E-state index is 14.9. The van der Waals surface area contributed by atoms with Crippen molar-refractivity contribution in [2.45, 2.75) is 26.4 Å². The first-order chi connectivity index (χ1) is 18.0. The van der Waals surface area contributed by atoms with Gasteiger partial charge in [-0.05, 0) is 42.6 Å². The van der Waals surface area contributed by atoms with Gasteiger partial charge < -0.3 is 10.2 Å². The normalized spacial score (nSPS) is 11.5. The van der Waals surface area contributed by atoms with E-state index in [1.165, 1.54) is 23.6 Å². The number of pyridine rings is 1. The van der Waals surface area contributed by atoms with Crippen molar-refractivity contribution in [3.63, 3.8) is 0 Å². The molecule has 11 heteroatoms. The molecular formula is C26H26F2N8S. The molecule has 0 bridgehead atoms. The Balaban J connectivity index is 1.48. The number of benzene rings is 1. The lowest BCUT2D eigenvalue weighted by atomic mass is 10.00. The third-order valence-electron chi connectivity index (χ3n) is 5.91. The van der Waals surface area contributed by atoms with Crippen LogP contribution in [0.25, 0.3) is 31.8 Å². The Morgan fingerprint density at radius 3 is 2.81 bits per heavy atom. The van der Waals surface area contributed by atoms with Crippen molar-refractivity contribution in [3.8, 4) is 21.7 Å². The number of thiophene rings is 1. The topological polar surface area (TPSA) is 84.7 Å². The second-order valence-corrected chi connectivity index (χ2v) is 9.77. The number of rotatable bonds is 10. The molecule has 0 spiro atoms. The molecule has 8 nitrogen and oxygen atoms in total. The lowest BCUT2D eigenvalue weighted by molar-refractivity contribution is 0.327. The van der Waals surface area contributed by atoms with E-state index in [4.69, 9.17) is 0 Å². The number of hydrogen-bond acceptors (Lipinski definition) is 8. The van der Waals surface area contributed by atoms with E-state index in [2.05, 4.69) is 42.4 Å². The highest BCUT2D eigenvalue weighted by Crippen LogP contribution is 2.40. The van der Waals surface area contributed by atoms with Crippen LogP contribution in [0.5, 0.6) is 0 Å². The van der Waals surface area contributed by atoms with Crippen LogP contribution in [0.2, 0.25) is 0 Å². The summed E-state index contributed by atoms with van der Waals surface area (Å²) >= 11 is 1.42. The molecule has 5 rings (SSSR count). The van der Waals surface area contributed by atoms with Crippen molar-refractivity contribution in [2.75, 3.05) is 25.5 Å². The van der Waals surface area contributed by atoms with E-state index in [0.29, 0.717) is 30.5 Å². The van der Waals surface area contributed by atoms with Gasteiger partial charge in [0.1, 0.15) is 5.69 Å². The highest BCUT2D eigenvalue weighted by Gasteiger charge is 2.17. The van der Waals surface area contributed by atoms with Crippen LogP contribution in [-0.2, 0) is 13.1 Å². The number of anilines is 1. The summed E-state index contributed by atoms with van der Waals surface area (Å²) in [7, 11) is 2.04. The van der Waals surface area contributed by atoms with E-state index in [1.807, 2.05) is 31.3 Å². The van der Waals surface area contributed by atoms with Crippen LogP contribution in [-0.4, -0.2) is 55.0 Å². The summed E-state index contributed by atoms with van der Waals surface area (Å²) in [5.74, 6) is -0.715. The molecule has 0 atom stereocenters. The Morgan fingerprint density at radius 1 is 1.11 bits per heavy atom. The van der Waals surface area contributed by atoms with Gasteiger partial charge in [0.2, 0.25) is 11.9 Å². The summed E-state index contributed by atoms with van der Waals surface area (Å²) < 4.78 is 31.7. The first-order valence-corrected chi connectivity index (χ1v) is 12.8. The molecule has 0 saturated heterocycles. The Morgan fingerprint density at radius 2 is 2.00 bits per heavy atom. The van der Waals surface area contributed by atoms with E-state index in [1.54, 1.807) is 23.3 Å². The maximum atomic E-state index is 14.9. The highest BCUT2D eigenvalue weighted by atomic mass is 32.1. The van der Waals surface area contributed by atoms with E-state index in [9.17, 15) is 8.78 Å². The molecule has 0 aliphatic rings. The third-order valence-corrected chi connectivity index (χ3v) is 7.10. The number of fused-ring (bicyclic) bond motifs is 1. The minimum absolute atomic E-state index is 0.217. The predicted molar refractivity (Wildman–Crippen MR) is 141 cm³/mol. The summed E-state index contributed by atoms with van der Waals surface area (Å²) in [6.45, 7) is 4.77. The fraction of sp³-hybridized carbons (Fsp3) is 0.269. The molecule has 37 heavy (non-hydrogen) atoms. The van der Waals surface area contributed by atoms with Crippen molar-refractivity contribution in [2.24, 2.45) is 0 Å². The molecule has 5 aromatic rings. The third kappa shape index (κ3) is 5.62. The average molecular weight is 521 g/mol. The van der Waals surface area contributed by atoms with Crippen LogP contribution in [0.15, 0.2) is 55.1 Å². The molecule has 1 aromatic carbocycles. The molecule has 190 valence electrons. The molecule has 4 aromatic heterocycles. The van der Waals surface area contributed by atoms with E-state index >= 15 is 0 Å². The minimum Gasteiger partial charge on any atom is -0.352 e. The van der Waals surface area contributed by atoms with Crippen LogP contribution >= 0.6 is 11.3 Å². The lowest BCUT2D eigenvalue weighted by Crippen LogP contribution is -2.19. The number of hydrogen-bond donors (Lipinski definition) is 1. The molecule has 1 N–H and O–H groups in total. The molecule has 0 unspecified atom stereocenters. The van der Waals surface area contributed by atoms with Gasteiger partial charge in [0.05, 0.1) is 23.8 Å². The van der Waals surface area contributed by atoms with Crippen LogP contribution in [0.3, 0.4) is 0 Å². The van der Waals surface area contributed by atoms with Gasteiger partial charge in [-0.1, -0.05) is 30.3 Å². The zero-order chi connectivity index (χ0) is 25.8. The number of aromatic nitrogens is 6. The molecule has 0 fully saturated rings. The Kier molecular flexibility index (Phi) is 7.42. The van der Waals surface area contributed by atoms with Gasteiger partial charge in [-0.25, -0.2) is 19.3 Å². The van der Waals surface area contributed by atoms with Crippen LogP contribution in [0.1, 0.15) is 18.9 Å². The van der Waals surface area contributed by atoms with Crippen molar-refractivity contribution in [1.29, 1.82) is 0 Å². The van der Waals surface area contributed by atoms with Crippen molar-refractivity contribution < 1.29 is 8.78 Å². The first kappa shape index (κ1) is 24.8. The summed E-state index contributed by atoms with van der Waals surface area (Å²) in [5, 5.41) is 11.7. The van der Waals surface area contributed by atoms with E-state index in [0.717, 1.165) is 39.7 Å². The summed E-state index contributed by atoms with van der Waals surface area (Å²) in [5.41, 5.74) is 2.82. The smallest absolute Gasteiger partial charge is 0.223 e. The summed E-state index contributed by atoms with van der Waals surface area (Å²) in [6, 6.07) is 9.25. The highest BCUT2D eigenvalue weighted by molar-refractivity contribution is 7.22. The Hall–Kier alpha value is -3.83. The fourth-order valence-corrected chi connectivity index (χ4v) is 5.42. The Labute approximate surface area is 217 Å². The van der Waals surface area contributed by atoms with Crippen LogP contribution in [0.4, 0.5) is 14.7 Å². The largest absolute Gasteiger partial charge is 0.352 e. The maximum Gasteiger partial charge on any atom is 0.223 e. The van der Waals surface area contributed by atoms with Crippen molar-refractivity contribution in [1.82, 2.24) is 34.8 Å². The quantitative estimate of drug-likeness (QED) is 0.252. The molecule has 0 aliphatic carbocycles. The number of nitrogens with one attached hydrogen (secondary N) is 1. The van der Waals surface area contributed by atoms with Gasteiger partial charge >= 0.3 is 0 Å². The SMILES string of the molecule is CCCN(C)Cc1cnc(F)cc1-c1cccc2cc(-c3nc(NCCn4ccnn4)ncc3F)sc12. The molecule has 0 amide bonds. The number of nitrogens with zero attached hydrogens (tertiary/aromatic N) is 7. The lowest BCUT2D eigenvalue weighted by Gasteiger charge is -2.18. The minimum atomic E-state index is -0.533. The van der Waals surface area contributed by atoms with Crippen LogP contribution in [0, 0.1) is 11.8 Å². The Bertz CT molecular complexity index is 1500. The van der Waals surface area contributed by atoms with E-state index < -0.39 is 11.8 Å². The van der Waals surface area contributed by atoms with Gasteiger partial charge in [-0.15, -0.1) is 16.4 Å². The van der Waals surface area contributed by atoms with Crippen molar-refractivity contribution >= 4 is 27.4 Å². The monoisotopic (exact) mass is 520 g/mol. The molecule has 0 radical (unpaired) electrons. The first-order valence-electron chi connectivity index (χ1n) is 12.0. The molecular weight excluding hydrogens is 494 g/mol. The number of halogens is 2. The fourth-order valence-electron chi connectivity index (χ4n) is 4.24. The zero-order valence-corrected chi connectivity index (χ0v) is 21.3. The zero-order valence-electron chi connectivity index (χ0n) is 20.5. The van der Waals surface area contributed by atoms with Gasteiger partial charge in [0, 0.05) is 41.8 Å². The van der Waals surface area contributed by atoms with Gasteiger partial charge in [0.25, 0.3) is 0 Å². The van der Waals surface area contributed by atoms with Gasteiger partial charge in [-0.3, -0.25) is 4.68 Å². The molecule has 0 saturated carbocycles. The van der Waals surface area contributed by atoms with E-state index in [-0.39, 0.29) is 5.69 Å². The average Bonchev–Trinajstić information content (AvgIpc) is 3.56. The summed E-state index contributed by atoms with van der Waals surface area (Å²) in [6.07, 6.45) is 7.16. The van der Waals surface area contributed by atoms with Crippen LogP contribution < -0.4 is 5.32 Å². The van der Waals surface area contributed by atoms with Gasteiger partial charge in [0.15, 0.2) is 5.82 Å². The standard InChI is InChI=1S/C26H26F2N8S/c1-3-9-35(2)16-18-14-30-23(28)13-20(18)19-6-4-5-17-12-22(37-25(17)19)24-21(27)15-31-26(33-24)29-7-10-36-11-8-32-34-36/h4-6,8,11-15H,3,7,9-10,16H2,1-2H3,(H,29,31,33). The summed E-state index contributed by atoms with van der Waals surface area (Å²) in [4.78, 5) is 15.3. The second kappa shape index (κ2) is 11.1. The molecule has 0 aliphatic heterocycles. The predicted octanol–water partition coefficient (Wildman–Crippen LogP) is 5.24. The van der Waals surface area contributed by atoms with Crippen molar-refractivity contribution in [3.05, 3.63) is 72.4 Å². The second-order valence-electron chi connectivity index (χ2n) is 8.72. The molecule has 4 heterocycles.